The number of carbonyl (C=O) groups is 2. The van der Waals surface area contributed by atoms with Crippen LogP contribution in [0, 0.1) is 0 Å². The number of fused-ring (bicyclic) bond motifs is 1. The Morgan fingerprint density at radius 2 is 1.97 bits per heavy atom. The predicted octanol–water partition coefficient (Wildman–Crippen LogP) is 3.14. The Morgan fingerprint density at radius 3 is 2.80 bits per heavy atom. The number of aromatic nitrogens is 1. The van der Waals surface area contributed by atoms with Crippen LogP contribution in [0.25, 0.3) is 10.9 Å². The molecule has 3 aliphatic rings. The zero-order valence-corrected chi connectivity index (χ0v) is 16.3. The largest absolute Gasteiger partial charge is 0.486 e. The second-order valence-electron chi connectivity index (χ2n) is 7.74. The van der Waals surface area contributed by atoms with Crippen LogP contribution in [0.3, 0.4) is 0 Å². The number of rotatable bonds is 1. The topological polar surface area (TPSA) is 83.7 Å². The molecule has 2 aromatic carbocycles. The number of hydrogen-bond acceptors (Lipinski definition) is 5. The molecule has 7 heteroatoms. The van der Waals surface area contributed by atoms with Gasteiger partial charge < -0.3 is 19.8 Å². The van der Waals surface area contributed by atoms with Gasteiger partial charge in [0.15, 0.2) is 11.5 Å². The van der Waals surface area contributed by atoms with Gasteiger partial charge in [0.2, 0.25) is 5.91 Å². The third-order valence-corrected chi connectivity index (χ3v) is 6.02. The Hall–Kier alpha value is -3.74. The summed E-state index contributed by atoms with van der Waals surface area (Å²) in [5, 5.41) is 4.49. The molecule has 0 saturated carbocycles. The molecular formula is C23H19N3O4. The molecule has 2 amide bonds. The van der Waals surface area contributed by atoms with E-state index in [1.54, 1.807) is 0 Å². The van der Waals surface area contributed by atoms with Crippen molar-refractivity contribution in [3.05, 3.63) is 65.0 Å². The van der Waals surface area contributed by atoms with Gasteiger partial charge in [-0.3, -0.25) is 14.5 Å². The summed E-state index contributed by atoms with van der Waals surface area (Å²) in [6, 6.07) is 11.8. The molecule has 1 unspecified atom stereocenters. The SMILES string of the molecule is CC(=O)N1CC2=C(C1=O)C(c1ccc3c(c1)OCCO3)c1c[nH]c3cccc(c13)N2. The molecule has 2 N–H and O–H groups in total. The van der Waals surface area contributed by atoms with E-state index >= 15 is 0 Å². The minimum Gasteiger partial charge on any atom is -0.486 e. The summed E-state index contributed by atoms with van der Waals surface area (Å²) in [4.78, 5) is 30.1. The van der Waals surface area contributed by atoms with Crippen LogP contribution in [0.4, 0.5) is 5.69 Å². The van der Waals surface area contributed by atoms with Crippen LogP contribution in [0.1, 0.15) is 24.0 Å². The maximum absolute atomic E-state index is 13.3. The quantitative estimate of drug-likeness (QED) is 0.655. The molecule has 0 spiro atoms. The van der Waals surface area contributed by atoms with Crippen LogP contribution in [0.5, 0.6) is 11.5 Å². The first-order valence-electron chi connectivity index (χ1n) is 9.94. The second-order valence-corrected chi connectivity index (χ2v) is 7.74. The summed E-state index contributed by atoms with van der Waals surface area (Å²) in [7, 11) is 0. The lowest BCUT2D eigenvalue weighted by molar-refractivity contribution is -0.139. The highest BCUT2D eigenvalue weighted by Crippen LogP contribution is 2.47. The molecule has 30 heavy (non-hydrogen) atoms. The first kappa shape index (κ1) is 17.1. The Balaban J connectivity index is 1.60. The maximum atomic E-state index is 13.3. The average molecular weight is 401 g/mol. The van der Waals surface area contributed by atoms with Crippen LogP contribution in [0.15, 0.2) is 53.9 Å². The van der Waals surface area contributed by atoms with Gasteiger partial charge in [-0.1, -0.05) is 12.1 Å². The second kappa shape index (κ2) is 6.13. The molecule has 6 rings (SSSR count). The van der Waals surface area contributed by atoms with Crippen LogP contribution in [0.2, 0.25) is 0 Å². The van der Waals surface area contributed by atoms with E-state index in [0.717, 1.165) is 33.4 Å². The molecule has 1 aromatic heterocycles. The van der Waals surface area contributed by atoms with Crippen LogP contribution < -0.4 is 14.8 Å². The Morgan fingerprint density at radius 1 is 1.13 bits per heavy atom. The van der Waals surface area contributed by atoms with Gasteiger partial charge in [0.05, 0.1) is 12.1 Å². The molecule has 1 atom stereocenters. The molecule has 3 aromatic rings. The molecule has 4 heterocycles. The van der Waals surface area contributed by atoms with Gasteiger partial charge in [-0.25, -0.2) is 0 Å². The predicted molar refractivity (Wildman–Crippen MR) is 111 cm³/mol. The van der Waals surface area contributed by atoms with Gasteiger partial charge in [-0.2, -0.15) is 0 Å². The number of nitrogens with zero attached hydrogens (tertiary/aromatic N) is 1. The summed E-state index contributed by atoms with van der Waals surface area (Å²) >= 11 is 0. The third kappa shape index (κ3) is 2.32. The van der Waals surface area contributed by atoms with E-state index in [0.29, 0.717) is 30.3 Å². The number of nitrogens with one attached hydrogen (secondary N) is 2. The first-order chi connectivity index (χ1) is 14.6. The number of H-pyrrole nitrogens is 1. The molecule has 0 saturated heterocycles. The van der Waals surface area contributed by atoms with Crippen LogP contribution >= 0.6 is 0 Å². The summed E-state index contributed by atoms with van der Waals surface area (Å²) in [5.41, 5.74) is 5.19. The Kier molecular flexibility index (Phi) is 3.50. The van der Waals surface area contributed by atoms with E-state index in [9.17, 15) is 9.59 Å². The van der Waals surface area contributed by atoms with E-state index in [-0.39, 0.29) is 24.3 Å². The molecule has 0 fully saturated rings. The van der Waals surface area contributed by atoms with E-state index in [2.05, 4.69) is 10.3 Å². The highest BCUT2D eigenvalue weighted by Gasteiger charge is 2.41. The molecule has 7 nitrogen and oxygen atoms in total. The lowest BCUT2D eigenvalue weighted by Crippen LogP contribution is -2.33. The number of amides is 2. The van der Waals surface area contributed by atoms with Crippen molar-refractivity contribution in [2.45, 2.75) is 12.8 Å². The van der Waals surface area contributed by atoms with Crippen molar-refractivity contribution >= 4 is 28.4 Å². The fourth-order valence-corrected chi connectivity index (χ4v) is 4.70. The van der Waals surface area contributed by atoms with Crippen molar-refractivity contribution in [2.24, 2.45) is 0 Å². The van der Waals surface area contributed by atoms with E-state index < -0.39 is 0 Å². The number of aromatic amines is 1. The van der Waals surface area contributed by atoms with Crippen molar-refractivity contribution in [3.63, 3.8) is 0 Å². The standard InChI is InChI=1S/C23H19N3O4/c1-12(27)26-11-17-22(23(26)28)20(13-5-6-18-19(9-13)30-8-7-29-18)14-10-24-15-3-2-4-16(25-17)21(14)15/h2-6,9-10,20,24-25H,7-8,11H2,1H3. The van der Waals surface area contributed by atoms with Gasteiger partial charge in [0.1, 0.15) is 13.2 Å². The third-order valence-electron chi connectivity index (χ3n) is 6.02. The van der Waals surface area contributed by atoms with Gasteiger partial charge in [0, 0.05) is 41.3 Å². The van der Waals surface area contributed by atoms with Crippen LogP contribution in [-0.4, -0.2) is 41.5 Å². The summed E-state index contributed by atoms with van der Waals surface area (Å²) < 4.78 is 11.5. The molecule has 0 radical (unpaired) electrons. The van der Waals surface area contributed by atoms with E-state index in [1.165, 1.54) is 11.8 Å². The summed E-state index contributed by atoms with van der Waals surface area (Å²) in [6.07, 6.45) is 1.96. The van der Waals surface area contributed by atoms with Gasteiger partial charge in [-0.05, 0) is 35.4 Å². The van der Waals surface area contributed by atoms with Crippen molar-refractivity contribution in [3.8, 4) is 11.5 Å². The number of hydrogen-bond donors (Lipinski definition) is 2. The zero-order chi connectivity index (χ0) is 20.4. The maximum Gasteiger partial charge on any atom is 0.259 e. The van der Waals surface area contributed by atoms with Crippen molar-refractivity contribution < 1.29 is 19.1 Å². The van der Waals surface area contributed by atoms with Crippen molar-refractivity contribution in [2.75, 3.05) is 25.1 Å². The number of benzene rings is 2. The van der Waals surface area contributed by atoms with Gasteiger partial charge >= 0.3 is 0 Å². The average Bonchev–Trinajstić information content (AvgIpc) is 3.27. The lowest BCUT2D eigenvalue weighted by Gasteiger charge is -2.23. The van der Waals surface area contributed by atoms with Crippen LogP contribution in [-0.2, 0) is 9.59 Å². The summed E-state index contributed by atoms with van der Waals surface area (Å²) in [5.74, 6) is 0.522. The molecule has 3 aliphatic heterocycles. The monoisotopic (exact) mass is 401 g/mol. The minimum atomic E-state index is -0.336. The van der Waals surface area contributed by atoms with Gasteiger partial charge in [0.25, 0.3) is 5.91 Å². The van der Waals surface area contributed by atoms with Crippen molar-refractivity contribution in [1.29, 1.82) is 0 Å². The molecule has 0 bridgehead atoms. The van der Waals surface area contributed by atoms with E-state index in [1.807, 2.05) is 42.6 Å². The minimum absolute atomic E-state index is 0.245. The number of imide groups is 1. The fourth-order valence-electron chi connectivity index (χ4n) is 4.70. The zero-order valence-electron chi connectivity index (χ0n) is 16.3. The lowest BCUT2D eigenvalue weighted by atomic mass is 9.84. The first-order valence-corrected chi connectivity index (χ1v) is 9.94. The number of ether oxygens (including phenoxy) is 2. The molecular weight excluding hydrogens is 382 g/mol. The smallest absolute Gasteiger partial charge is 0.259 e. The molecule has 0 aliphatic carbocycles. The highest BCUT2D eigenvalue weighted by atomic mass is 16.6. The number of anilines is 1. The molecule has 150 valence electrons. The summed E-state index contributed by atoms with van der Waals surface area (Å²) in [6.45, 7) is 2.68. The Labute approximate surface area is 172 Å². The van der Waals surface area contributed by atoms with E-state index in [4.69, 9.17) is 9.47 Å². The highest BCUT2D eigenvalue weighted by molar-refractivity contribution is 6.11. The number of carbonyl (C=O) groups excluding carboxylic acids is 2. The van der Waals surface area contributed by atoms with Gasteiger partial charge in [-0.15, -0.1) is 0 Å². The fraction of sp³-hybridized carbons (Fsp3) is 0.217. The van der Waals surface area contributed by atoms with Crippen molar-refractivity contribution in [1.82, 2.24) is 9.88 Å². The Bertz CT molecular complexity index is 1270. The normalized spacial score (nSPS) is 19.6.